The zero-order valence-corrected chi connectivity index (χ0v) is 16.9. The van der Waals surface area contributed by atoms with E-state index in [0.717, 1.165) is 4.31 Å². The number of hydrogen-bond acceptors (Lipinski definition) is 5. The van der Waals surface area contributed by atoms with Crippen molar-refractivity contribution in [1.82, 2.24) is 14.8 Å². The van der Waals surface area contributed by atoms with E-state index in [0.29, 0.717) is 11.1 Å². The molecule has 32 heavy (non-hydrogen) atoms. The first-order valence-electron chi connectivity index (χ1n) is 8.90. The lowest BCUT2D eigenvalue weighted by atomic mass is 10.1. The highest BCUT2D eigenvalue weighted by molar-refractivity contribution is 7.89. The van der Waals surface area contributed by atoms with E-state index in [9.17, 15) is 30.8 Å². The maximum Gasteiger partial charge on any atom is 0.274 e. The third kappa shape index (κ3) is 4.77. The van der Waals surface area contributed by atoms with Gasteiger partial charge >= 0.3 is 0 Å². The Labute approximate surface area is 180 Å². The number of nitrogens with one attached hydrogen (secondary N) is 1. The molecule has 0 aliphatic carbocycles. The summed E-state index contributed by atoms with van der Waals surface area (Å²) in [6.07, 6.45) is 2.78. The highest BCUT2D eigenvalue weighted by Gasteiger charge is 2.32. The largest absolute Gasteiger partial charge is 0.288 e. The van der Waals surface area contributed by atoms with Gasteiger partial charge in [0.25, 0.3) is 5.91 Å². The van der Waals surface area contributed by atoms with Crippen LogP contribution in [-0.4, -0.2) is 28.8 Å². The first-order chi connectivity index (χ1) is 15.1. The molecule has 0 saturated heterocycles. The topological polar surface area (TPSA) is 99.6 Å². The summed E-state index contributed by atoms with van der Waals surface area (Å²) in [6, 6.07) is 8.41. The second kappa shape index (κ2) is 9.42. The average molecular weight is 469 g/mol. The van der Waals surface area contributed by atoms with Crippen molar-refractivity contribution in [3.8, 4) is 0 Å². The van der Waals surface area contributed by atoms with Gasteiger partial charge in [-0.05, 0) is 35.4 Å². The second-order valence-electron chi connectivity index (χ2n) is 6.56. The van der Waals surface area contributed by atoms with Gasteiger partial charge in [0, 0.05) is 37.1 Å². The molecule has 168 valence electrons. The van der Waals surface area contributed by atoms with Crippen LogP contribution in [0.3, 0.4) is 0 Å². The minimum absolute atomic E-state index is 0.0773. The van der Waals surface area contributed by atoms with Crippen molar-refractivity contribution in [2.45, 2.75) is 18.0 Å². The van der Waals surface area contributed by atoms with Crippen LogP contribution in [0.5, 0.6) is 0 Å². The quantitative estimate of drug-likeness (QED) is 0.182. The molecule has 7 nitrogen and oxygen atoms in total. The molecule has 1 aromatic heterocycles. The lowest BCUT2D eigenvalue weighted by molar-refractivity contribution is 0.0706. The zero-order chi connectivity index (χ0) is 23.5. The van der Waals surface area contributed by atoms with Crippen LogP contribution in [-0.2, 0) is 23.1 Å². The Hall–Kier alpha value is -3.35. The first kappa shape index (κ1) is 23.3. The Bertz CT molecular complexity index is 1240. The van der Waals surface area contributed by atoms with Crippen LogP contribution in [0.15, 0.2) is 59.8 Å². The molecule has 1 amide bonds. The van der Waals surface area contributed by atoms with Crippen LogP contribution in [0.25, 0.3) is 0 Å². The Morgan fingerprint density at radius 3 is 2.03 bits per heavy atom. The number of aromatic nitrogens is 1. The summed E-state index contributed by atoms with van der Waals surface area (Å²) in [5.41, 5.74) is 2.29. The number of carbonyl (C=O) groups is 1. The lowest BCUT2D eigenvalue weighted by Crippen LogP contribution is -2.31. The normalized spacial score (nSPS) is 11.6. The monoisotopic (exact) mass is 469 g/mol. The van der Waals surface area contributed by atoms with Gasteiger partial charge < -0.3 is 0 Å². The van der Waals surface area contributed by atoms with E-state index in [1.54, 1.807) is 0 Å². The van der Waals surface area contributed by atoms with E-state index in [1.807, 2.05) is 0 Å². The van der Waals surface area contributed by atoms with Crippen LogP contribution >= 0.6 is 0 Å². The average Bonchev–Trinajstić information content (AvgIpc) is 2.80. The van der Waals surface area contributed by atoms with E-state index in [-0.39, 0.29) is 24.7 Å². The Balaban J connectivity index is 2.04. The molecule has 1 heterocycles. The van der Waals surface area contributed by atoms with Crippen LogP contribution in [0.2, 0.25) is 0 Å². The molecule has 0 bridgehead atoms. The molecule has 12 heteroatoms. The molecule has 0 atom stereocenters. The summed E-state index contributed by atoms with van der Waals surface area (Å²) >= 11 is 0. The van der Waals surface area contributed by atoms with Crippen LogP contribution in [0.4, 0.5) is 17.6 Å². The molecule has 0 aliphatic rings. The number of benzene rings is 2. The van der Waals surface area contributed by atoms with Gasteiger partial charge in [0.2, 0.25) is 10.0 Å². The Kier molecular flexibility index (Phi) is 6.87. The van der Waals surface area contributed by atoms with Crippen molar-refractivity contribution in [1.29, 1.82) is 0 Å². The fourth-order valence-electron chi connectivity index (χ4n) is 2.83. The number of halogens is 4. The highest BCUT2D eigenvalue weighted by atomic mass is 32.2. The van der Waals surface area contributed by atoms with Gasteiger partial charge in [0.05, 0.1) is 0 Å². The summed E-state index contributed by atoms with van der Waals surface area (Å²) in [4.78, 5) is 13.9. The van der Waals surface area contributed by atoms with Crippen LogP contribution in [0.1, 0.15) is 21.5 Å². The van der Waals surface area contributed by atoms with Crippen molar-refractivity contribution in [3.63, 3.8) is 0 Å². The van der Waals surface area contributed by atoms with Crippen LogP contribution in [0, 0.1) is 23.3 Å². The molecular weight excluding hydrogens is 454 g/mol. The molecule has 0 fully saturated rings. The summed E-state index contributed by atoms with van der Waals surface area (Å²) in [6.45, 7) is -0.713. The number of carbonyl (C=O) groups excluding carboxylic acids is 1. The van der Waals surface area contributed by atoms with E-state index in [1.165, 1.54) is 54.3 Å². The number of nitrogens with zero attached hydrogens (tertiary/aromatic N) is 2. The predicted molar refractivity (Wildman–Crippen MR) is 103 cm³/mol. The fourth-order valence-corrected chi connectivity index (χ4v) is 4.31. The van der Waals surface area contributed by atoms with Gasteiger partial charge in [-0.15, -0.1) is 0 Å². The van der Waals surface area contributed by atoms with Gasteiger partial charge in [-0.3, -0.25) is 15.0 Å². The van der Waals surface area contributed by atoms with E-state index in [4.69, 9.17) is 5.21 Å². The Morgan fingerprint density at radius 2 is 1.47 bits per heavy atom. The van der Waals surface area contributed by atoms with Crippen molar-refractivity contribution >= 4 is 15.9 Å². The van der Waals surface area contributed by atoms with E-state index < -0.39 is 44.1 Å². The molecule has 3 aromatic rings. The molecule has 0 aliphatic heterocycles. The minimum atomic E-state index is -4.85. The minimum Gasteiger partial charge on any atom is -0.288 e. The van der Waals surface area contributed by atoms with Crippen molar-refractivity contribution in [3.05, 3.63) is 94.8 Å². The Morgan fingerprint density at radius 1 is 0.906 bits per heavy atom. The number of hydrogen-bond donors (Lipinski definition) is 2. The van der Waals surface area contributed by atoms with Gasteiger partial charge in [-0.2, -0.15) is 4.31 Å². The third-order valence-corrected chi connectivity index (χ3v) is 6.26. The molecule has 0 spiro atoms. The van der Waals surface area contributed by atoms with E-state index >= 15 is 0 Å². The van der Waals surface area contributed by atoms with Crippen LogP contribution < -0.4 is 5.48 Å². The second-order valence-corrected chi connectivity index (χ2v) is 8.47. The zero-order valence-electron chi connectivity index (χ0n) is 16.1. The summed E-state index contributed by atoms with van der Waals surface area (Å²) in [5.74, 6) is -9.06. The number of hydroxylamine groups is 1. The molecular formula is C20H15F4N3O4S. The number of pyridine rings is 1. The molecule has 3 rings (SSSR count). The van der Waals surface area contributed by atoms with Gasteiger partial charge in [0.1, 0.15) is 4.90 Å². The fraction of sp³-hybridized carbons (Fsp3) is 0.100. The van der Waals surface area contributed by atoms with Crippen molar-refractivity contribution in [2.24, 2.45) is 0 Å². The first-order valence-corrected chi connectivity index (χ1v) is 10.3. The molecule has 0 radical (unpaired) electrons. The SMILES string of the molecule is O=C(NO)c1ccc(CN(Cc2ccncc2)S(=O)(=O)c2cc(F)c(F)c(F)c2F)cc1. The molecule has 0 saturated carbocycles. The summed E-state index contributed by atoms with van der Waals surface area (Å²) < 4.78 is 82.0. The lowest BCUT2D eigenvalue weighted by Gasteiger charge is -2.23. The van der Waals surface area contributed by atoms with Gasteiger partial charge in [-0.1, -0.05) is 12.1 Å². The van der Waals surface area contributed by atoms with Gasteiger partial charge in [0.15, 0.2) is 23.3 Å². The maximum absolute atomic E-state index is 14.3. The van der Waals surface area contributed by atoms with Crippen molar-refractivity contribution < 1.29 is 36.0 Å². The number of rotatable bonds is 7. The molecule has 2 aromatic carbocycles. The summed E-state index contributed by atoms with van der Waals surface area (Å²) in [7, 11) is -4.85. The van der Waals surface area contributed by atoms with Crippen molar-refractivity contribution in [2.75, 3.05) is 0 Å². The number of sulfonamides is 1. The third-order valence-electron chi connectivity index (χ3n) is 4.47. The molecule has 2 N–H and O–H groups in total. The summed E-state index contributed by atoms with van der Waals surface area (Å²) in [5, 5.41) is 8.67. The number of amides is 1. The van der Waals surface area contributed by atoms with Gasteiger partial charge in [-0.25, -0.2) is 31.5 Å². The molecule has 0 unspecified atom stereocenters. The smallest absolute Gasteiger partial charge is 0.274 e. The van der Waals surface area contributed by atoms with E-state index in [2.05, 4.69) is 4.98 Å². The maximum atomic E-state index is 14.3. The standard InChI is InChI=1S/C20H15F4N3O4S/c21-15-9-16(18(23)19(24)17(15)22)32(30,31)27(11-13-5-7-25-8-6-13)10-12-1-3-14(4-2-12)20(28)26-29/h1-9,29H,10-11H2,(H,26,28). The highest BCUT2D eigenvalue weighted by Crippen LogP contribution is 2.27. The predicted octanol–water partition coefficient (Wildman–Crippen LogP) is 3.15.